The van der Waals surface area contributed by atoms with Gasteiger partial charge in [-0.2, -0.15) is 0 Å². The Hall–Kier alpha value is -4.06. The van der Waals surface area contributed by atoms with Crippen molar-refractivity contribution in [3.63, 3.8) is 0 Å². The number of nitrogens with one attached hydrogen (secondary N) is 2. The first-order chi connectivity index (χ1) is 16.0. The van der Waals surface area contributed by atoms with Crippen molar-refractivity contribution in [2.75, 3.05) is 7.11 Å². The topological polar surface area (TPSA) is 76.7 Å². The lowest BCUT2D eigenvalue weighted by Crippen LogP contribution is -2.45. The zero-order valence-corrected chi connectivity index (χ0v) is 18.8. The molecule has 33 heavy (non-hydrogen) atoms. The van der Waals surface area contributed by atoms with Crippen LogP contribution in [0.25, 0.3) is 5.70 Å². The van der Waals surface area contributed by atoms with Crippen LogP contribution in [0.1, 0.15) is 33.9 Å². The zero-order valence-electron chi connectivity index (χ0n) is 18.8. The Morgan fingerprint density at radius 2 is 1.76 bits per heavy atom. The van der Waals surface area contributed by atoms with Crippen LogP contribution in [0, 0.1) is 13.8 Å². The molecule has 0 saturated heterocycles. The molecule has 0 saturated carbocycles. The van der Waals surface area contributed by atoms with Crippen LogP contribution in [0.15, 0.2) is 78.4 Å². The molecule has 1 heterocycles. The predicted octanol–water partition coefficient (Wildman–Crippen LogP) is 4.82. The van der Waals surface area contributed by atoms with Gasteiger partial charge in [-0.25, -0.2) is 9.59 Å². The molecule has 1 aliphatic heterocycles. The van der Waals surface area contributed by atoms with E-state index >= 15 is 0 Å². The van der Waals surface area contributed by atoms with Crippen LogP contribution < -0.4 is 15.4 Å². The standard InChI is InChI=1S/C27H26N2O4/c1-17-12-13-18(2)21(14-17)16-33-22-11-7-10-20(15-22)25-23(26(30)32-3)24(28-27(31)29-25)19-8-5-4-6-9-19/h4-15,25H,16H2,1-3H3,(H2,28,29,31). The van der Waals surface area contributed by atoms with Crippen LogP contribution in [0.3, 0.4) is 0 Å². The number of hydrogen-bond donors (Lipinski definition) is 2. The molecule has 2 amide bonds. The van der Waals surface area contributed by atoms with Crippen molar-refractivity contribution in [2.24, 2.45) is 0 Å². The summed E-state index contributed by atoms with van der Waals surface area (Å²) in [5, 5.41) is 5.62. The Labute approximate surface area is 193 Å². The molecule has 0 fully saturated rings. The van der Waals surface area contributed by atoms with Gasteiger partial charge in [0, 0.05) is 0 Å². The smallest absolute Gasteiger partial charge is 0.338 e. The van der Waals surface area contributed by atoms with Crippen molar-refractivity contribution in [3.05, 3.63) is 106 Å². The van der Waals surface area contributed by atoms with Crippen LogP contribution in [0.2, 0.25) is 0 Å². The highest BCUT2D eigenvalue weighted by atomic mass is 16.5. The Kier molecular flexibility index (Phi) is 6.45. The molecule has 3 aromatic carbocycles. The molecule has 6 heteroatoms. The summed E-state index contributed by atoms with van der Waals surface area (Å²) >= 11 is 0. The molecule has 0 aliphatic carbocycles. The van der Waals surface area contributed by atoms with Crippen molar-refractivity contribution in [3.8, 4) is 5.75 Å². The van der Waals surface area contributed by atoms with Crippen molar-refractivity contribution < 1.29 is 19.1 Å². The Morgan fingerprint density at radius 3 is 2.52 bits per heavy atom. The highest BCUT2D eigenvalue weighted by Gasteiger charge is 2.34. The number of ether oxygens (including phenoxy) is 2. The van der Waals surface area contributed by atoms with E-state index in [9.17, 15) is 9.59 Å². The largest absolute Gasteiger partial charge is 0.489 e. The van der Waals surface area contributed by atoms with E-state index in [-0.39, 0.29) is 0 Å². The fraction of sp³-hybridized carbons (Fsp3) is 0.185. The molecule has 1 atom stereocenters. The van der Waals surface area contributed by atoms with Crippen molar-refractivity contribution >= 4 is 17.7 Å². The van der Waals surface area contributed by atoms with Gasteiger partial charge in [0.1, 0.15) is 12.4 Å². The first-order valence-electron chi connectivity index (χ1n) is 10.7. The molecule has 2 N–H and O–H groups in total. The van der Waals surface area contributed by atoms with Crippen molar-refractivity contribution in [1.29, 1.82) is 0 Å². The highest BCUT2D eigenvalue weighted by Crippen LogP contribution is 2.33. The van der Waals surface area contributed by atoms with E-state index in [2.05, 4.69) is 35.8 Å². The molecule has 1 aliphatic rings. The van der Waals surface area contributed by atoms with Crippen LogP contribution in [0.4, 0.5) is 4.79 Å². The molecule has 0 spiro atoms. The number of methoxy groups -OCH3 is 1. The summed E-state index contributed by atoms with van der Waals surface area (Å²) in [5.74, 6) is 0.125. The first kappa shape index (κ1) is 22.1. The second-order valence-electron chi connectivity index (χ2n) is 7.97. The van der Waals surface area contributed by atoms with Gasteiger partial charge >= 0.3 is 12.0 Å². The minimum absolute atomic E-state index is 0.329. The molecule has 168 valence electrons. The van der Waals surface area contributed by atoms with E-state index in [1.165, 1.54) is 12.7 Å². The van der Waals surface area contributed by atoms with Crippen LogP contribution in [0.5, 0.6) is 5.75 Å². The molecular formula is C27H26N2O4. The summed E-state index contributed by atoms with van der Waals surface area (Å²) in [7, 11) is 1.33. The molecular weight excluding hydrogens is 416 g/mol. The third kappa shape index (κ3) is 4.90. The van der Waals surface area contributed by atoms with E-state index in [1.54, 1.807) is 0 Å². The van der Waals surface area contributed by atoms with E-state index < -0.39 is 18.0 Å². The average molecular weight is 443 g/mol. The Bertz CT molecular complexity index is 1220. The number of benzene rings is 3. The number of urea groups is 1. The number of hydrogen-bond acceptors (Lipinski definition) is 4. The van der Waals surface area contributed by atoms with Gasteiger partial charge in [-0.1, -0.05) is 66.2 Å². The SMILES string of the molecule is COC(=O)C1=C(c2ccccc2)NC(=O)NC1c1cccc(OCc2cc(C)ccc2C)c1. The van der Waals surface area contributed by atoms with Gasteiger partial charge in [-0.15, -0.1) is 0 Å². The average Bonchev–Trinajstić information content (AvgIpc) is 2.84. The van der Waals surface area contributed by atoms with E-state index in [1.807, 2.05) is 61.5 Å². The second kappa shape index (κ2) is 9.61. The maximum atomic E-state index is 12.8. The van der Waals surface area contributed by atoms with Gasteiger partial charge in [0.2, 0.25) is 0 Å². The summed E-state index contributed by atoms with van der Waals surface area (Å²) in [5.41, 5.74) is 5.64. The quantitative estimate of drug-likeness (QED) is 0.537. The molecule has 0 radical (unpaired) electrons. The van der Waals surface area contributed by atoms with Gasteiger partial charge in [-0.05, 0) is 48.2 Å². The molecule has 4 rings (SSSR count). The molecule has 1 unspecified atom stereocenters. The monoisotopic (exact) mass is 442 g/mol. The second-order valence-corrected chi connectivity index (χ2v) is 7.97. The number of carbonyl (C=O) groups excluding carboxylic acids is 2. The molecule has 0 bridgehead atoms. The lowest BCUT2D eigenvalue weighted by atomic mass is 9.92. The van der Waals surface area contributed by atoms with Crippen LogP contribution >= 0.6 is 0 Å². The summed E-state index contributed by atoms with van der Waals surface area (Å²) in [6, 6.07) is 21.8. The minimum Gasteiger partial charge on any atom is -0.489 e. The highest BCUT2D eigenvalue weighted by molar-refractivity contribution is 6.04. The zero-order chi connectivity index (χ0) is 23.4. The van der Waals surface area contributed by atoms with Crippen molar-refractivity contribution in [1.82, 2.24) is 10.6 Å². The number of amides is 2. The lowest BCUT2D eigenvalue weighted by Gasteiger charge is -2.29. The van der Waals surface area contributed by atoms with Crippen LogP contribution in [-0.2, 0) is 16.1 Å². The lowest BCUT2D eigenvalue weighted by molar-refractivity contribution is -0.136. The third-order valence-electron chi connectivity index (χ3n) is 5.63. The van der Waals surface area contributed by atoms with Gasteiger partial charge in [0.15, 0.2) is 0 Å². The van der Waals surface area contributed by atoms with Gasteiger partial charge in [-0.3, -0.25) is 0 Å². The van der Waals surface area contributed by atoms with E-state index in [0.717, 1.165) is 22.3 Å². The number of esters is 1. The molecule has 0 aromatic heterocycles. The fourth-order valence-corrected chi connectivity index (χ4v) is 3.88. The van der Waals surface area contributed by atoms with E-state index in [4.69, 9.17) is 9.47 Å². The number of rotatable bonds is 6. The van der Waals surface area contributed by atoms with Crippen LogP contribution in [-0.4, -0.2) is 19.1 Å². The number of carbonyl (C=O) groups is 2. The Balaban J connectivity index is 1.68. The van der Waals surface area contributed by atoms with E-state index in [0.29, 0.717) is 23.6 Å². The van der Waals surface area contributed by atoms with Gasteiger partial charge in [0.25, 0.3) is 0 Å². The summed E-state index contributed by atoms with van der Waals surface area (Å²) in [4.78, 5) is 25.3. The minimum atomic E-state index is -0.689. The summed E-state index contributed by atoms with van der Waals surface area (Å²) in [6.45, 7) is 4.52. The molecule has 3 aromatic rings. The summed E-state index contributed by atoms with van der Waals surface area (Å²) in [6.07, 6.45) is 0. The maximum absolute atomic E-state index is 12.8. The van der Waals surface area contributed by atoms with Gasteiger partial charge in [0.05, 0.1) is 24.4 Å². The van der Waals surface area contributed by atoms with Gasteiger partial charge < -0.3 is 20.1 Å². The first-order valence-corrected chi connectivity index (χ1v) is 10.7. The third-order valence-corrected chi connectivity index (χ3v) is 5.63. The fourth-order valence-electron chi connectivity index (χ4n) is 3.88. The Morgan fingerprint density at radius 1 is 0.970 bits per heavy atom. The maximum Gasteiger partial charge on any atom is 0.338 e. The summed E-state index contributed by atoms with van der Waals surface area (Å²) < 4.78 is 11.1. The van der Waals surface area contributed by atoms with Crippen molar-refractivity contribution in [2.45, 2.75) is 26.5 Å². The molecule has 6 nitrogen and oxygen atoms in total. The number of aryl methyl sites for hydroxylation is 2. The normalized spacial score (nSPS) is 15.5. The predicted molar refractivity (Wildman–Crippen MR) is 126 cm³/mol.